The highest BCUT2D eigenvalue weighted by Gasteiger charge is 2.26. The maximum absolute atomic E-state index is 9.72. The summed E-state index contributed by atoms with van der Waals surface area (Å²) >= 11 is 5.08. The Labute approximate surface area is 102 Å². The van der Waals surface area contributed by atoms with Crippen molar-refractivity contribution in [2.24, 2.45) is 0 Å². The molecule has 4 heteroatoms. The molecule has 1 fully saturated rings. The normalized spacial score (nSPS) is 25.7. The number of rotatable bonds is 2. The number of aliphatic hydroxyl groups excluding tert-OH is 1. The molecule has 1 aliphatic rings. The zero-order chi connectivity index (χ0) is 10.8. The van der Waals surface area contributed by atoms with Gasteiger partial charge in [0.25, 0.3) is 0 Å². The fourth-order valence-corrected chi connectivity index (χ4v) is 3.46. The highest BCUT2D eigenvalue weighted by molar-refractivity contribution is 9.10. The van der Waals surface area contributed by atoms with Crippen molar-refractivity contribution in [3.8, 4) is 0 Å². The first-order chi connectivity index (χ1) is 7.16. The Bertz CT molecular complexity index is 358. The van der Waals surface area contributed by atoms with Crippen molar-refractivity contribution in [1.29, 1.82) is 0 Å². The molecule has 0 heterocycles. The lowest BCUT2D eigenvalue weighted by Gasteiger charge is -2.15. The summed E-state index contributed by atoms with van der Waals surface area (Å²) in [6.07, 6.45) is 2.96. The van der Waals surface area contributed by atoms with Gasteiger partial charge in [0.2, 0.25) is 0 Å². The molecule has 2 atom stereocenters. The van der Waals surface area contributed by atoms with Crippen LogP contribution in [0.1, 0.15) is 19.3 Å². The van der Waals surface area contributed by atoms with Crippen LogP contribution in [0.2, 0.25) is 0 Å². The van der Waals surface area contributed by atoms with E-state index in [0.29, 0.717) is 5.25 Å². The third kappa shape index (κ3) is 2.68. The topological polar surface area (TPSA) is 46.2 Å². The van der Waals surface area contributed by atoms with Crippen LogP contribution in [0.4, 0.5) is 5.69 Å². The number of anilines is 1. The van der Waals surface area contributed by atoms with Crippen molar-refractivity contribution in [1.82, 2.24) is 0 Å². The molecule has 1 aromatic carbocycles. The Balaban J connectivity index is 2.10. The lowest BCUT2D eigenvalue weighted by atomic mass is 10.3. The summed E-state index contributed by atoms with van der Waals surface area (Å²) in [5.41, 5.74) is 6.70. The third-order valence-electron chi connectivity index (χ3n) is 2.67. The SMILES string of the molecule is Nc1cc(Br)ccc1SC1CCCC1O. The van der Waals surface area contributed by atoms with E-state index < -0.39 is 0 Å². The van der Waals surface area contributed by atoms with E-state index in [1.807, 2.05) is 18.2 Å². The maximum atomic E-state index is 9.72. The molecule has 1 aromatic rings. The highest BCUT2D eigenvalue weighted by atomic mass is 79.9. The summed E-state index contributed by atoms with van der Waals surface area (Å²) < 4.78 is 0.997. The van der Waals surface area contributed by atoms with Gasteiger partial charge in [-0.1, -0.05) is 15.9 Å². The average molecular weight is 288 g/mol. The van der Waals surface area contributed by atoms with Crippen LogP contribution in [-0.4, -0.2) is 16.5 Å². The second-order valence-corrected chi connectivity index (χ2v) is 6.03. The number of thioether (sulfide) groups is 1. The summed E-state index contributed by atoms with van der Waals surface area (Å²) in [5, 5.41) is 10.0. The predicted octanol–water partition coefficient (Wildman–Crippen LogP) is 3.04. The van der Waals surface area contributed by atoms with E-state index in [9.17, 15) is 5.11 Å². The van der Waals surface area contributed by atoms with Crippen molar-refractivity contribution < 1.29 is 5.11 Å². The molecule has 1 aliphatic carbocycles. The van der Waals surface area contributed by atoms with Crippen LogP contribution in [-0.2, 0) is 0 Å². The summed E-state index contributed by atoms with van der Waals surface area (Å²) in [6, 6.07) is 5.90. The van der Waals surface area contributed by atoms with Crippen LogP contribution in [0.25, 0.3) is 0 Å². The molecule has 15 heavy (non-hydrogen) atoms. The standard InChI is InChI=1S/C11H14BrNOS/c12-7-4-5-10(8(13)6-7)15-11-3-1-2-9(11)14/h4-6,9,11,14H,1-3,13H2. The lowest BCUT2D eigenvalue weighted by molar-refractivity contribution is 0.188. The predicted molar refractivity (Wildman–Crippen MR) is 68.1 cm³/mol. The Morgan fingerprint density at radius 1 is 1.40 bits per heavy atom. The molecule has 0 aliphatic heterocycles. The van der Waals surface area contributed by atoms with Crippen LogP contribution in [0.15, 0.2) is 27.6 Å². The van der Waals surface area contributed by atoms with Gasteiger partial charge in [0, 0.05) is 20.3 Å². The minimum Gasteiger partial charge on any atom is -0.398 e. The Morgan fingerprint density at radius 2 is 2.20 bits per heavy atom. The van der Waals surface area contributed by atoms with Gasteiger partial charge >= 0.3 is 0 Å². The minimum atomic E-state index is -0.168. The van der Waals surface area contributed by atoms with E-state index in [0.717, 1.165) is 34.3 Å². The summed E-state index contributed by atoms with van der Waals surface area (Å²) in [4.78, 5) is 1.07. The Morgan fingerprint density at radius 3 is 2.80 bits per heavy atom. The van der Waals surface area contributed by atoms with Gasteiger partial charge < -0.3 is 10.8 Å². The quantitative estimate of drug-likeness (QED) is 0.822. The first-order valence-electron chi connectivity index (χ1n) is 5.06. The number of benzene rings is 1. The zero-order valence-corrected chi connectivity index (χ0v) is 10.7. The van der Waals surface area contributed by atoms with Crippen molar-refractivity contribution in [3.63, 3.8) is 0 Å². The van der Waals surface area contributed by atoms with Gasteiger partial charge in [-0.15, -0.1) is 11.8 Å². The Kier molecular flexibility index (Phi) is 3.59. The third-order valence-corrected chi connectivity index (χ3v) is 4.64. The molecule has 2 unspecified atom stereocenters. The molecule has 2 rings (SSSR count). The molecule has 3 N–H and O–H groups in total. The van der Waals surface area contributed by atoms with E-state index in [1.54, 1.807) is 11.8 Å². The van der Waals surface area contributed by atoms with Crippen LogP contribution in [0.5, 0.6) is 0 Å². The van der Waals surface area contributed by atoms with E-state index in [-0.39, 0.29) is 6.10 Å². The van der Waals surface area contributed by atoms with Crippen LogP contribution in [0.3, 0.4) is 0 Å². The lowest BCUT2D eigenvalue weighted by Crippen LogP contribution is -2.15. The van der Waals surface area contributed by atoms with E-state index in [2.05, 4.69) is 15.9 Å². The number of hydrogen-bond acceptors (Lipinski definition) is 3. The van der Waals surface area contributed by atoms with Crippen LogP contribution in [0, 0.1) is 0 Å². The zero-order valence-electron chi connectivity index (χ0n) is 8.32. The molecule has 0 bridgehead atoms. The van der Waals surface area contributed by atoms with Gasteiger partial charge in [0.15, 0.2) is 0 Å². The number of nitrogen functional groups attached to an aromatic ring is 1. The number of nitrogens with two attached hydrogens (primary N) is 1. The largest absolute Gasteiger partial charge is 0.398 e. The number of hydrogen-bond donors (Lipinski definition) is 2. The highest BCUT2D eigenvalue weighted by Crippen LogP contribution is 2.38. The molecular weight excluding hydrogens is 274 g/mol. The van der Waals surface area contributed by atoms with Crippen LogP contribution < -0.4 is 5.73 Å². The maximum Gasteiger partial charge on any atom is 0.0662 e. The monoisotopic (exact) mass is 287 g/mol. The van der Waals surface area contributed by atoms with Gasteiger partial charge in [-0.3, -0.25) is 0 Å². The number of halogens is 1. The van der Waals surface area contributed by atoms with Crippen molar-refractivity contribution in [2.75, 3.05) is 5.73 Å². The van der Waals surface area contributed by atoms with Gasteiger partial charge in [0.05, 0.1) is 6.10 Å². The smallest absolute Gasteiger partial charge is 0.0662 e. The molecule has 0 saturated heterocycles. The van der Waals surface area contributed by atoms with Crippen LogP contribution >= 0.6 is 27.7 Å². The molecule has 0 radical (unpaired) electrons. The first kappa shape index (κ1) is 11.3. The van der Waals surface area contributed by atoms with Gasteiger partial charge in [-0.25, -0.2) is 0 Å². The molecule has 1 saturated carbocycles. The van der Waals surface area contributed by atoms with Crippen molar-refractivity contribution in [2.45, 2.75) is 35.5 Å². The fourth-order valence-electron chi connectivity index (χ4n) is 1.83. The minimum absolute atomic E-state index is 0.168. The molecule has 82 valence electrons. The molecular formula is C11H14BrNOS. The van der Waals surface area contributed by atoms with E-state index in [4.69, 9.17) is 5.73 Å². The van der Waals surface area contributed by atoms with Crippen molar-refractivity contribution >= 4 is 33.4 Å². The molecule has 0 spiro atoms. The first-order valence-corrected chi connectivity index (χ1v) is 6.74. The summed E-state index contributed by atoms with van der Waals surface area (Å²) in [6.45, 7) is 0. The Hall–Kier alpha value is -0.190. The van der Waals surface area contributed by atoms with E-state index in [1.165, 1.54) is 0 Å². The summed E-state index contributed by atoms with van der Waals surface area (Å²) in [7, 11) is 0. The molecule has 2 nitrogen and oxygen atoms in total. The second-order valence-electron chi connectivity index (χ2n) is 3.84. The van der Waals surface area contributed by atoms with Gasteiger partial charge in [0.1, 0.15) is 0 Å². The fraction of sp³-hybridized carbons (Fsp3) is 0.455. The number of aliphatic hydroxyl groups is 1. The van der Waals surface area contributed by atoms with E-state index >= 15 is 0 Å². The average Bonchev–Trinajstić information content (AvgIpc) is 2.57. The van der Waals surface area contributed by atoms with Gasteiger partial charge in [-0.05, 0) is 37.5 Å². The van der Waals surface area contributed by atoms with Gasteiger partial charge in [-0.2, -0.15) is 0 Å². The summed E-state index contributed by atoms with van der Waals surface area (Å²) in [5.74, 6) is 0. The molecule has 0 amide bonds. The molecule has 0 aromatic heterocycles. The van der Waals surface area contributed by atoms with Crippen molar-refractivity contribution in [3.05, 3.63) is 22.7 Å². The second kappa shape index (κ2) is 4.76.